The van der Waals surface area contributed by atoms with Crippen LogP contribution in [0.3, 0.4) is 0 Å². The van der Waals surface area contributed by atoms with Crippen LogP contribution in [-0.2, 0) is 6.18 Å². The third-order valence-electron chi connectivity index (χ3n) is 3.72. The molecule has 0 aliphatic carbocycles. The lowest BCUT2D eigenvalue weighted by molar-refractivity contribution is -0.137. The Bertz CT molecular complexity index is 928. The van der Waals surface area contributed by atoms with E-state index >= 15 is 0 Å². The molecule has 0 aliphatic heterocycles. The van der Waals surface area contributed by atoms with E-state index in [2.05, 4.69) is 21.5 Å². The zero-order chi connectivity index (χ0) is 20.0. The van der Waals surface area contributed by atoms with Crippen molar-refractivity contribution in [1.82, 2.24) is 0 Å². The van der Waals surface area contributed by atoms with Gasteiger partial charge in [0.2, 0.25) is 0 Å². The van der Waals surface area contributed by atoms with E-state index in [1.54, 1.807) is 18.2 Å². The summed E-state index contributed by atoms with van der Waals surface area (Å²) in [6.07, 6.45) is -4.41. The molecule has 4 N–H and O–H groups in total. The minimum Gasteiger partial charge on any atom is -0.308 e. The summed E-state index contributed by atoms with van der Waals surface area (Å²) in [6.45, 7) is 0. The molecule has 0 saturated heterocycles. The Hall–Kier alpha value is -3.68. The van der Waals surface area contributed by atoms with Gasteiger partial charge in [0.1, 0.15) is 0 Å². The molecule has 3 aromatic carbocycles. The van der Waals surface area contributed by atoms with E-state index < -0.39 is 17.8 Å². The van der Waals surface area contributed by atoms with Crippen molar-refractivity contribution in [2.45, 2.75) is 6.18 Å². The SMILES string of the molecule is O=C(Nc1ccc(C(F)(F)F)cc1)Nc1cccc(NNc2ccccc2)c1. The lowest BCUT2D eigenvalue weighted by atomic mass is 10.2. The summed E-state index contributed by atoms with van der Waals surface area (Å²) < 4.78 is 37.7. The van der Waals surface area contributed by atoms with Crippen molar-refractivity contribution in [2.75, 3.05) is 21.5 Å². The number of rotatable bonds is 5. The molecule has 2 amide bonds. The summed E-state index contributed by atoms with van der Waals surface area (Å²) in [5.41, 5.74) is 7.64. The molecule has 3 aromatic rings. The number of halogens is 3. The fourth-order valence-corrected chi connectivity index (χ4v) is 2.38. The highest BCUT2D eigenvalue weighted by Crippen LogP contribution is 2.29. The van der Waals surface area contributed by atoms with Crippen LogP contribution in [0.25, 0.3) is 0 Å². The van der Waals surface area contributed by atoms with Gasteiger partial charge in [0, 0.05) is 11.4 Å². The molecule has 0 radical (unpaired) electrons. The van der Waals surface area contributed by atoms with Crippen molar-refractivity contribution in [1.29, 1.82) is 0 Å². The Morgan fingerprint density at radius 1 is 0.643 bits per heavy atom. The van der Waals surface area contributed by atoms with Crippen LogP contribution >= 0.6 is 0 Å². The molecule has 28 heavy (non-hydrogen) atoms. The molecule has 8 heteroatoms. The molecule has 0 aliphatic rings. The van der Waals surface area contributed by atoms with E-state index in [1.165, 1.54) is 12.1 Å². The fourth-order valence-electron chi connectivity index (χ4n) is 2.38. The number of alkyl halides is 3. The highest BCUT2D eigenvalue weighted by atomic mass is 19.4. The van der Waals surface area contributed by atoms with Gasteiger partial charge in [-0.25, -0.2) is 4.79 Å². The van der Waals surface area contributed by atoms with Crippen molar-refractivity contribution >= 4 is 28.8 Å². The van der Waals surface area contributed by atoms with Gasteiger partial charge in [-0.1, -0.05) is 24.3 Å². The Labute approximate surface area is 159 Å². The minimum atomic E-state index is -4.41. The third-order valence-corrected chi connectivity index (χ3v) is 3.72. The first kappa shape index (κ1) is 19.1. The van der Waals surface area contributed by atoms with Crippen LogP contribution in [-0.4, -0.2) is 6.03 Å². The zero-order valence-corrected chi connectivity index (χ0v) is 14.5. The first-order valence-electron chi connectivity index (χ1n) is 8.32. The van der Waals surface area contributed by atoms with Crippen LogP contribution in [0, 0.1) is 0 Å². The molecule has 3 rings (SSSR count). The van der Waals surface area contributed by atoms with Gasteiger partial charge >= 0.3 is 12.2 Å². The van der Waals surface area contributed by atoms with Crippen molar-refractivity contribution in [2.24, 2.45) is 0 Å². The number of nitrogens with one attached hydrogen (secondary N) is 4. The van der Waals surface area contributed by atoms with E-state index in [0.717, 1.165) is 23.5 Å². The first-order chi connectivity index (χ1) is 13.4. The molecule has 0 fully saturated rings. The lowest BCUT2D eigenvalue weighted by Crippen LogP contribution is -2.19. The van der Waals surface area contributed by atoms with Gasteiger partial charge in [-0.05, 0) is 54.6 Å². The highest BCUT2D eigenvalue weighted by Gasteiger charge is 2.29. The second kappa shape index (κ2) is 8.34. The van der Waals surface area contributed by atoms with Crippen LogP contribution in [0.15, 0.2) is 78.9 Å². The summed E-state index contributed by atoms with van der Waals surface area (Å²) in [5, 5.41) is 5.13. The number of carbonyl (C=O) groups is 1. The summed E-state index contributed by atoms with van der Waals surface area (Å²) in [6, 6.07) is 20.1. The maximum Gasteiger partial charge on any atom is 0.416 e. The summed E-state index contributed by atoms with van der Waals surface area (Å²) in [7, 11) is 0. The van der Waals surface area contributed by atoms with Gasteiger partial charge in [-0.15, -0.1) is 0 Å². The second-order valence-corrected chi connectivity index (χ2v) is 5.85. The number of amides is 2. The number of urea groups is 1. The van der Waals surface area contributed by atoms with Gasteiger partial charge in [-0.2, -0.15) is 13.2 Å². The van der Waals surface area contributed by atoms with E-state index in [4.69, 9.17) is 0 Å². The number of para-hydroxylation sites is 1. The van der Waals surface area contributed by atoms with Crippen molar-refractivity contribution in [3.05, 3.63) is 84.4 Å². The quantitative estimate of drug-likeness (QED) is 0.420. The average Bonchev–Trinajstić information content (AvgIpc) is 2.67. The Morgan fingerprint density at radius 3 is 1.89 bits per heavy atom. The molecule has 0 spiro atoms. The van der Waals surface area contributed by atoms with E-state index in [-0.39, 0.29) is 5.69 Å². The number of carbonyl (C=O) groups excluding carboxylic acids is 1. The molecule has 0 aromatic heterocycles. The first-order valence-corrected chi connectivity index (χ1v) is 8.32. The topological polar surface area (TPSA) is 65.2 Å². The molecular formula is C20H17F3N4O. The zero-order valence-electron chi connectivity index (χ0n) is 14.5. The van der Waals surface area contributed by atoms with Crippen LogP contribution in [0.4, 0.5) is 40.7 Å². The predicted octanol–water partition coefficient (Wildman–Crippen LogP) is 5.79. The average molecular weight is 386 g/mol. The normalized spacial score (nSPS) is 10.8. The number of benzene rings is 3. The van der Waals surface area contributed by atoms with Crippen LogP contribution in [0.5, 0.6) is 0 Å². The molecular weight excluding hydrogens is 369 g/mol. The molecule has 0 atom stereocenters. The predicted molar refractivity (Wildman–Crippen MR) is 104 cm³/mol. The van der Waals surface area contributed by atoms with Crippen LogP contribution in [0.1, 0.15) is 5.56 Å². The Balaban J connectivity index is 1.56. The monoisotopic (exact) mass is 386 g/mol. The van der Waals surface area contributed by atoms with E-state index in [9.17, 15) is 18.0 Å². The third kappa shape index (κ3) is 5.41. The molecule has 144 valence electrons. The van der Waals surface area contributed by atoms with E-state index in [1.807, 2.05) is 36.4 Å². The number of hydrogen-bond donors (Lipinski definition) is 4. The van der Waals surface area contributed by atoms with Crippen molar-refractivity contribution < 1.29 is 18.0 Å². The standard InChI is InChI=1S/C20H17F3N4O/c21-20(22,23)14-9-11-15(12-10-14)24-19(28)25-17-7-4-8-18(13-17)27-26-16-5-2-1-3-6-16/h1-13,26-27H,(H2,24,25,28). The van der Waals surface area contributed by atoms with Gasteiger partial charge in [0.15, 0.2) is 0 Å². The summed E-state index contributed by atoms with van der Waals surface area (Å²) >= 11 is 0. The largest absolute Gasteiger partial charge is 0.416 e. The molecule has 0 unspecified atom stereocenters. The minimum absolute atomic E-state index is 0.255. The molecule has 5 nitrogen and oxygen atoms in total. The van der Waals surface area contributed by atoms with Crippen LogP contribution < -0.4 is 21.5 Å². The van der Waals surface area contributed by atoms with Crippen molar-refractivity contribution in [3.63, 3.8) is 0 Å². The Kier molecular flexibility index (Phi) is 5.69. The summed E-state index contributed by atoms with van der Waals surface area (Å²) in [4.78, 5) is 12.1. The van der Waals surface area contributed by atoms with Crippen LogP contribution in [0.2, 0.25) is 0 Å². The maximum absolute atomic E-state index is 12.6. The molecule has 0 saturated carbocycles. The molecule has 0 heterocycles. The fraction of sp³-hybridized carbons (Fsp3) is 0.0500. The van der Waals surface area contributed by atoms with Gasteiger partial charge in [0.05, 0.1) is 16.9 Å². The maximum atomic E-state index is 12.6. The van der Waals surface area contributed by atoms with Gasteiger partial charge < -0.3 is 21.5 Å². The number of hydrogen-bond acceptors (Lipinski definition) is 3. The van der Waals surface area contributed by atoms with Gasteiger partial charge in [0.25, 0.3) is 0 Å². The number of hydrazine groups is 1. The molecule has 0 bridgehead atoms. The Morgan fingerprint density at radius 2 is 1.21 bits per heavy atom. The summed E-state index contributed by atoms with van der Waals surface area (Å²) in [5.74, 6) is 0. The smallest absolute Gasteiger partial charge is 0.308 e. The van der Waals surface area contributed by atoms with Crippen molar-refractivity contribution in [3.8, 4) is 0 Å². The highest BCUT2D eigenvalue weighted by molar-refractivity contribution is 6.00. The van der Waals surface area contributed by atoms with Gasteiger partial charge in [-0.3, -0.25) is 0 Å². The lowest BCUT2D eigenvalue weighted by Gasteiger charge is -2.12. The second-order valence-electron chi connectivity index (χ2n) is 5.85. The van der Waals surface area contributed by atoms with E-state index in [0.29, 0.717) is 5.69 Å². The number of anilines is 4.